The Kier molecular flexibility index (Phi) is 5.40. The van der Waals surface area contributed by atoms with Gasteiger partial charge in [-0.1, -0.05) is 38.5 Å². The molecule has 0 fully saturated rings. The number of hydrogen-bond donors (Lipinski definition) is 0. The molecule has 0 aliphatic rings. The van der Waals surface area contributed by atoms with Crippen LogP contribution in [0.15, 0.2) is 0 Å². The van der Waals surface area contributed by atoms with E-state index in [0.29, 0.717) is 5.92 Å². The molecular formula is C11H16. The Balaban J connectivity index is 3.95. The summed E-state index contributed by atoms with van der Waals surface area (Å²) in [5.41, 5.74) is 0. The van der Waals surface area contributed by atoms with Crippen LogP contribution < -0.4 is 0 Å². The van der Waals surface area contributed by atoms with Gasteiger partial charge in [-0.25, -0.2) is 0 Å². The second-order valence-corrected chi connectivity index (χ2v) is 2.73. The second-order valence-electron chi connectivity index (χ2n) is 2.73. The van der Waals surface area contributed by atoms with Crippen molar-refractivity contribution in [1.82, 2.24) is 0 Å². The van der Waals surface area contributed by atoms with E-state index in [-0.39, 0.29) is 5.92 Å². The maximum atomic E-state index is 5.26. The average molecular weight is 148 g/mol. The van der Waals surface area contributed by atoms with Gasteiger partial charge in [0.05, 0.1) is 5.92 Å². The summed E-state index contributed by atoms with van der Waals surface area (Å²) in [6.45, 7) is 6.32. The predicted octanol–water partition coefficient (Wildman–Crippen LogP) is 2.70. The molecule has 0 aliphatic heterocycles. The van der Waals surface area contributed by atoms with Gasteiger partial charge in [0.2, 0.25) is 0 Å². The van der Waals surface area contributed by atoms with Gasteiger partial charge in [-0.05, 0) is 12.8 Å². The summed E-state index contributed by atoms with van der Waals surface area (Å²) in [6, 6.07) is 0. The lowest BCUT2D eigenvalue weighted by molar-refractivity contribution is 0.718. The largest absolute Gasteiger partial charge is 0.119 e. The van der Waals surface area contributed by atoms with E-state index in [1.807, 2.05) is 0 Å². The molecule has 60 valence electrons. The summed E-state index contributed by atoms with van der Waals surface area (Å²) < 4.78 is 0. The minimum absolute atomic E-state index is 0.156. The molecule has 0 nitrogen and oxygen atoms in total. The van der Waals surface area contributed by atoms with Gasteiger partial charge in [0.25, 0.3) is 0 Å². The molecule has 0 amide bonds. The van der Waals surface area contributed by atoms with E-state index in [4.69, 9.17) is 6.42 Å². The highest BCUT2D eigenvalue weighted by molar-refractivity contribution is 5.15. The second kappa shape index (κ2) is 5.87. The first kappa shape index (κ1) is 10.1. The van der Waals surface area contributed by atoms with Crippen LogP contribution in [-0.4, -0.2) is 0 Å². The molecule has 0 rings (SSSR count). The topological polar surface area (TPSA) is 0 Å². The summed E-state index contributed by atoms with van der Waals surface area (Å²) in [5, 5.41) is 0. The molecule has 11 heavy (non-hydrogen) atoms. The lowest BCUT2D eigenvalue weighted by atomic mass is 10.1. The van der Waals surface area contributed by atoms with Crippen molar-refractivity contribution in [3.05, 3.63) is 0 Å². The standard InChI is InChI=1S/C11H16/c1-5-10(4)8-9-11(6-2)7-3/h2,10-11H,5,7H2,1,3-4H3. The Morgan fingerprint density at radius 2 is 1.82 bits per heavy atom. The van der Waals surface area contributed by atoms with Gasteiger partial charge in [-0.15, -0.1) is 6.42 Å². The molecule has 0 aromatic carbocycles. The Morgan fingerprint density at radius 3 is 2.18 bits per heavy atom. The quantitative estimate of drug-likeness (QED) is 0.528. The molecule has 2 atom stereocenters. The van der Waals surface area contributed by atoms with Crippen LogP contribution in [0.1, 0.15) is 33.6 Å². The van der Waals surface area contributed by atoms with Crippen molar-refractivity contribution < 1.29 is 0 Å². The van der Waals surface area contributed by atoms with Crippen molar-refractivity contribution in [2.75, 3.05) is 0 Å². The van der Waals surface area contributed by atoms with Gasteiger partial charge < -0.3 is 0 Å². The van der Waals surface area contributed by atoms with Crippen molar-refractivity contribution in [2.24, 2.45) is 11.8 Å². The molecule has 0 aromatic heterocycles. The van der Waals surface area contributed by atoms with Crippen LogP contribution in [0.2, 0.25) is 0 Å². The fraction of sp³-hybridized carbons (Fsp3) is 0.636. The lowest BCUT2D eigenvalue weighted by Crippen LogP contribution is -1.91. The van der Waals surface area contributed by atoms with Crippen LogP contribution in [0.5, 0.6) is 0 Å². The molecule has 0 spiro atoms. The Morgan fingerprint density at radius 1 is 1.18 bits per heavy atom. The normalized spacial score (nSPS) is 14.0. The van der Waals surface area contributed by atoms with E-state index in [9.17, 15) is 0 Å². The highest BCUT2D eigenvalue weighted by Gasteiger charge is 1.95. The molecule has 0 saturated carbocycles. The maximum Gasteiger partial charge on any atom is 0.0806 e. The first-order chi connectivity index (χ1) is 5.24. The van der Waals surface area contributed by atoms with E-state index in [1.54, 1.807) is 0 Å². The Labute approximate surface area is 70.4 Å². The monoisotopic (exact) mass is 148 g/mol. The molecule has 0 bridgehead atoms. The van der Waals surface area contributed by atoms with E-state index >= 15 is 0 Å². The number of terminal acetylenes is 1. The van der Waals surface area contributed by atoms with Crippen LogP contribution in [-0.2, 0) is 0 Å². The number of hydrogen-bond acceptors (Lipinski definition) is 0. The molecule has 0 aliphatic carbocycles. The van der Waals surface area contributed by atoms with Crippen LogP contribution >= 0.6 is 0 Å². The van der Waals surface area contributed by atoms with Crippen molar-refractivity contribution in [2.45, 2.75) is 33.6 Å². The minimum atomic E-state index is 0.156. The third-order valence-electron chi connectivity index (χ3n) is 1.73. The van der Waals surface area contributed by atoms with Crippen molar-refractivity contribution >= 4 is 0 Å². The lowest BCUT2D eigenvalue weighted by Gasteiger charge is -1.97. The third-order valence-corrected chi connectivity index (χ3v) is 1.73. The first-order valence-electron chi connectivity index (χ1n) is 4.21. The molecular weight excluding hydrogens is 132 g/mol. The highest BCUT2D eigenvalue weighted by atomic mass is 14.0. The summed E-state index contributed by atoms with van der Waals surface area (Å²) >= 11 is 0. The van der Waals surface area contributed by atoms with E-state index in [0.717, 1.165) is 12.8 Å². The van der Waals surface area contributed by atoms with Gasteiger partial charge in [-0.3, -0.25) is 0 Å². The molecule has 0 heterocycles. The van der Waals surface area contributed by atoms with Crippen LogP contribution in [0, 0.1) is 36.0 Å². The highest BCUT2D eigenvalue weighted by Crippen LogP contribution is 2.01. The molecule has 0 N–H and O–H groups in total. The summed E-state index contributed by atoms with van der Waals surface area (Å²) in [4.78, 5) is 0. The van der Waals surface area contributed by atoms with Crippen LogP contribution in [0.25, 0.3) is 0 Å². The molecule has 0 heteroatoms. The van der Waals surface area contributed by atoms with Gasteiger partial charge in [-0.2, -0.15) is 0 Å². The van der Waals surface area contributed by atoms with E-state index in [1.165, 1.54) is 0 Å². The summed E-state index contributed by atoms with van der Waals surface area (Å²) in [7, 11) is 0. The predicted molar refractivity (Wildman–Crippen MR) is 49.8 cm³/mol. The van der Waals surface area contributed by atoms with E-state index < -0.39 is 0 Å². The Hall–Kier alpha value is -0.880. The Bertz CT molecular complexity index is 184. The van der Waals surface area contributed by atoms with Gasteiger partial charge in [0.15, 0.2) is 0 Å². The molecule has 0 saturated heterocycles. The fourth-order valence-corrected chi connectivity index (χ4v) is 0.606. The molecule has 0 radical (unpaired) electrons. The van der Waals surface area contributed by atoms with Gasteiger partial charge in [0.1, 0.15) is 0 Å². The first-order valence-corrected chi connectivity index (χ1v) is 4.21. The zero-order valence-electron chi connectivity index (χ0n) is 7.65. The van der Waals surface area contributed by atoms with Gasteiger partial charge in [0, 0.05) is 5.92 Å². The van der Waals surface area contributed by atoms with Gasteiger partial charge >= 0.3 is 0 Å². The van der Waals surface area contributed by atoms with Crippen molar-refractivity contribution in [3.63, 3.8) is 0 Å². The molecule has 2 unspecified atom stereocenters. The average Bonchev–Trinajstić information content (AvgIpc) is 2.06. The summed E-state index contributed by atoms with van der Waals surface area (Å²) in [5.74, 6) is 9.52. The fourth-order valence-electron chi connectivity index (χ4n) is 0.606. The maximum absolute atomic E-state index is 5.26. The summed E-state index contributed by atoms with van der Waals surface area (Å²) in [6.07, 6.45) is 7.32. The smallest absolute Gasteiger partial charge is 0.0806 e. The van der Waals surface area contributed by atoms with Crippen molar-refractivity contribution in [3.8, 4) is 24.2 Å². The molecule has 0 aromatic rings. The van der Waals surface area contributed by atoms with Crippen LogP contribution in [0.4, 0.5) is 0 Å². The third kappa shape index (κ3) is 4.51. The minimum Gasteiger partial charge on any atom is -0.119 e. The zero-order valence-corrected chi connectivity index (χ0v) is 7.65. The van der Waals surface area contributed by atoms with Crippen molar-refractivity contribution in [1.29, 1.82) is 0 Å². The van der Waals surface area contributed by atoms with E-state index in [2.05, 4.69) is 38.5 Å². The number of rotatable bonds is 2. The van der Waals surface area contributed by atoms with Crippen LogP contribution in [0.3, 0.4) is 0 Å². The zero-order chi connectivity index (χ0) is 8.69. The SMILES string of the molecule is C#CC(C#CC(C)CC)CC.